The second-order valence-corrected chi connectivity index (χ2v) is 14.4. The number of fused-ring (bicyclic) bond motifs is 4. The van der Waals surface area contributed by atoms with Crippen LogP contribution in [0.15, 0.2) is 95.2 Å². The summed E-state index contributed by atoms with van der Waals surface area (Å²) in [6, 6.07) is 25.2. The van der Waals surface area contributed by atoms with Crippen LogP contribution in [0.2, 0.25) is 0 Å². The van der Waals surface area contributed by atoms with Crippen LogP contribution in [-0.2, 0) is 16.6 Å². The number of anilines is 1. The summed E-state index contributed by atoms with van der Waals surface area (Å²) in [6.07, 6.45) is 0.922. The molecule has 0 saturated carbocycles. The highest BCUT2D eigenvalue weighted by Crippen LogP contribution is 2.35. The molecule has 2 aliphatic rings. The second kappa shape index (κ2) is 12.4. The lowest BCUT2D eigenvalue weighted by Crippen LogP contribution is -2.59. The van der Waals surface area contributed by atoms with E-state index in [0.717, 1.165) is 33.1 Å². The highest BCUT2D eigenvalue weighted by Gasteiger charge is 2.40. The predicted octanol–water partition coefficient (Wildman–Crippen LogP) is 6.53. The van der Waals surface area contributed by atoms with Gasteiger partial charge in [0.15, 0.2) is 5.72 Å². The quantitative estimate of drug-likeness (QED) is 0.217. The Balaban J connectivity index is 1.21. The lowest BCUT2D eigenvalue weighted by Gasteiger charge is -2.42. The number of piperidine rings is 1. The van der Waals surface area contributed by atoms with Crippen LogP contribution in [0.4, 0.5) is 5.95 Å². The maximum atomic E-state index is 13.7. The molecule has 1 fully saturated rings. The number of aromatic nitrogens is 2. The SMILES string of the molecule is Cc1cccc(C)c1-c1cc2nc(n1)NS(=O)(=O)c1cccc(c1)C(=O)NC1(CCN(Cc3sccc3Oc3ccccc3)CC1)O2. The van der Waals surface area contributed by atoms with Crippen molar-refractivity contribution in [2.75, 3.05) is 17.8 Å². The van der Waals surface area contributed by atoms with E-state index in [-0.39, 0.29) is 22.3 Å². The molecule has 7 rings (SSSR count). The van der Waals surface area contributed by atoms with Gasteiger partial charge in [-0.1, -0.05) is 42.5 Å². The van der Waals surface area contributed by atoms with E-state index >= 15 is 0 Å². The summed E-state index contributed by atoms with van der Waals surface area (Å²) < 4.78 is 42.1. The van der Waals surface area contributed by atoms with E-state index in [2.05, 4.69) is 24.9 Å². The van der Waals surface area contributed by atoms with E-state index in [9.17, 15) is 13.2 Å². The summed E-state index contributed by atoms with van der Waals surface area (Å²) in [6.45, 7) is 5.87. The number of likely N-dealkylation sites (tertiary alicyclic amines) is 1. The van der Waals surface area contributed by atoms with E-state index in [1.54, 1.807) is 29.5 Å². The van der Waals surface area contributed by atoms with Gasteiger partial charge in [0.2, 0.25) is 11.8 Å². The molecule has 2 aliphatic heterocycles. The maximum Gasteiger partial charge on any atom is 0.264 e. The number of sulfonamides is 1. The number of ether oxygens (including phenoxy) is 2. The molecule has 10 nitrogen and oxygen atoms in total. The first-order valence-corrected chi connectivity index (χ1v) is 17.6. The normalized spacial score (nSPS) is 17.0. The van der Waals surface area contributed by atoms with Crippen molar-refractivity contribution in [2.45, 2.75) is 43.9 Å². The molecule has 0 unspecified atom stereocenters. The Labute approximate surface area is 277 Å². The molecule has 47 heavy (non-hydrogen) atoms. The number of carbonyl (C=O) groups is 1. The molecule has 0 aliphatic carbocycles. The number of para-hydroxylation sites is 1. The number of nitrogens with one attached hydrogen (secondary N) is 2. The van der Waals surface area contributed by atoms with Crippen LogP contribution in [0.5, 0.6) is 17.4 Å². The van der Waals surface area contributed by atoms with Crippen molar-refractivity contribution < 1.29 is 22.7 Å². The molecule has 12 heteroatoms. The molecule has 2 aromatic heterocycles. The third-order valence-electron chi connectivity index (χ3n) is 8.42. The fraction of sp³-hybridized carbons (Fsp3) is 0.229. The number of aryl methyl sites for hydroxylation is 2. The second-order valence-electron chi connectivity index (χ2n) is 11.8. The molecule has 1 saturated heterocycles. The minimum Gasteiger partial charge on any atom is -0.456 e. The first-order chi connectivity index (χ1) is 22.7. The molecule has 3 aromatic carbocycles. The zero-order valence-electron chi connectivity index (χ0n) is 25.9. The van der Waals surface area contributed by atoms with Crippen LogP contribution in [0.25, 0.3) is 11.3 Å². The van der Waals surface area contributed by atoms with E-state index in [1.165, 1.54) is 12.1 Å². The van der Waals surface area contributed by atoms with Gasteiger partial charge in [-0.3, -0.25) is 9.69 Å². The van der Waals surface area contributed by atoms with Crippen molar-refractivity contribution >= 4 is 33.2 Å². The first-order valence-electron chi connectivity index (χ1n) is 15.3. The predicted molar refractivity (Wildman–Crippen MR) is 180 cm³/mol. The van der Waals surface area contributed by atoms with Crippen molar-refractivity contribution in [3.8, 4) is 28.6 Å². The van der Waals surface area contributed by atoms with Crippen molar-refractivity contribution in [1.82, 2.24) is 20.2 Å². The molecule has 4 bridgehead atoms. The topological polar surface area (TPSA) is 123 Å². The van der Waals surface area contributed by atoms with Crippen molar-refractivity contribution in [3.63, 3.8) is 0 Å². The van der Waals surface area contributed by atoms with Crippen LogP contribution in [-0.4, -0.2) is 48.0 Å². The maximum absolute atomic E-state index is 13.7. The average molecular weight is 668 g/mol. The third kappa shape index (κ3) is 6.57. The molecular formula is C35H33N5O5S2. The fourth-order valence-corrected chi connectivity index (χ4v) is 7.84. The van der Waals surface area contributed by atoms with Gasteiger partial charge in [0.05, 0.1) is 15.5 Å². The molecule has 1 amide bonds. The lowest BCUT2D eigenvalue weighted by molar-refractivity contribution is -0.0257. The van der Waals surface area contributed by atoms with Gasteiger partial charge in [-0.25, -0.2) is 18.1 Å². The van der Waals surface area contributed by atoms with Gasteiger partial charge in [0, 0.05) is 49.7 Å². The van der Waals surface area contributed by atoms with Gasteiger partial charge in [-0.2, -0.15) is 4.98 Å². The van der Waals surface area contributed by atoms with Crippen molar-refractivity contribution in [2.24, 2.45) is 0 Å². The summed E-state index contributed by atoms with van der Waals surface area (Å²) in [5.41, 5.74) is 2.41. The van der Waals surface area contributed by atoms with Gasteiger partial charge < -0.3 is 14.8 Å². The number of amides is 1. The molecule has 2 N–H and O–H groups in total. The zero-order valence-corrected chi connectivity index (χ0v) is 27.5. The minimum atomic E-state index is -4.11. The Kier molecular flexibility index (Phi) is 8.16. The van der Waals surface area contributed by atoms with E-state index in [0.29, 0.717) is 38.2 Å². The summed E-state index contributed by atoms with van der Waals surface area (Å²) in [7, 11) is -4.11. The fourth-order valence-electron chi connectivity index (χ4n) is 6.01. The monoisotopic (exact) mass is 667 g/mol. The van der Waals surface area contributed by atoms with Crippen LogP contribution in [0, 0.1) is 13.8 Å². The molecule has 0 atom stereocenters. The van der Waals surface area contributed by atoms with Gasteiger partial charge >= 0.3 is 0 Å². The van der Waals surface area contributed by atoms with Crippen LogP contribution >= 0.6 is 11.3 Å². The smallest absolute Gasteiger partial charge is 0.264 e. The van der Waals surface area contributed by atoms with E-state index < -0.39 is 21.7 Å². The number of hydrogen-bond donors (Lipinski definition) is 2. The molecule has 240 valence electrons. The number of carbonyl (C=O) groups excluding carboxylic acids is 1. The van der Waals surface area contributed by atoms with Crippen LogP contribution in [0.1, 0.15) is 39.2 Å². The number of benzene rings is 3. The number of rotatable bonds is 5. The molecule has 5 aromatic rings. The van der Waals surface area contributed by atoms with Crippen molar-refractivity contribution in [3.05, 3.63) is 112 Å². The summed E-state index contributed by atoms with van der Waals surface area (Å²) >= 11 is 1.64. The molecular weight excluding hydrogens is 635 g/mol. The number of thiophene rings is 1. The van der Waals surface area contributed by atoms with Crippen molar-refractivity contribution in [1.29, 1.82) is 0 Å². The first kappa shape index (κ1) is 30.9. The summed E-state index contributed by atoms with van der Waals surface area (Å²) in [4.78, 5) is 26.1. The Morgan fingerprint density at radius 1 is 0.936 bits per heavy atom. The highest BCUT2D eigenvalue weighted by molar-refractivity contribution is 7.92. The number of hydrogen-bond acceptors (Lipinski definition) is 9. The lowest BCUT2D eigenvalue weighted by atomic mass is 9.98. The summed E-state index contributed by atoms with van der Waals surface area (Å²) in [5, 5.41) is 5.14. The van der Waals surface area contributed by atoms with E-state index in [1.807, 2.05) is 73.8 Å². The highest BCUT2D eigenvalue weighted by atomic mass is 32.2. The minimum absolute atomic E-state index is 0.0670. The van der Waals surface area contributed by atoms with Crippen LogP contribution in [0.3, 0.4) is 0 Å². The largest absolute Gasteiger partial charge is 0.456 e. The van der Waals surface area contributed by atoms with Gasteiger partial charge in [0.25, 0.3) is 15.9 Å². The molecule has 4 heterocycles. The molecule has 0 radical (unpaired) electrons. The van der Waals surface area contributed by atoms with Crippen LogP contribution < -0.4 is 19.5 Å². The van der Waals surface area contributed by atoms with Gasteiger partial charge in [-0.15, -0.1) is 11.3 Å². The third-order valence-corrected chi connectivity index (χ3v) is 10.6. The Hall–Kier alpha value is -4.78. The van der Waals surface area contributed by atoms with E-state index in [4.69, 9.17) is 9.47 Å². The molecule has 1 spiro atoms. The Bertz CT molecular complexity index is 2040. The Morgan fingerprint density at radius 2 is 1.68 bits per heavy atom. The van der Waals surface area contributed by atoms with Gasteiger partial charge in [0.1, 0.15) is 11.5 Å². The summed E-state index contributed by atoms with van der Waals surface area (Å²) in [5.74, 6) is 1.22. The average Bonchev–Trinajstić information content (AvgIpc) is 3.48. The van der Waals surface area contributed by atoms with Gasteiger partial charge in [-0.05, 0) is 66.8 Å². The number of nitrogens with zero attached hydrogens (tertiary/aromatic N) is 3. The Morgan fingerprint density at radius 3 is 2.45 bits per heavy atom. The standard InChI is InChI=1S/C35H33N5O5S2/c1-23-8-6-9-24(2)32(23)28-21-31-37-34(36-28)39-47(42,43)27-13-7-10-25(20-27)33(41)38-35(45-31)15-17-40(18-16-35)22-30-29(14-19-46-30)44-26-11-4-3-5-12-26/h3-14,19-21H,15-18,22H2,1-2H3,(H,38,41)(H,36,37,39). The zero-order chi connectivity index (χ0) is 32.6.